The Morgan fingerprint density at radius 2 is 2.00 bits per heavy atom. The molecule has 1 atom stereocenters. The summed E-state index contributed by atoms with van der Waals surface area (Å²) in [4.78, 5) is 0. The van der Waals surface area contributed by atoms with Crippen LogP contribution in [0.1, 0.15) is 31.2 Å². The molecule has 1 unspecified atom stereocenters. The first-order chi connectivity index (χ1) is 7.94. The van der Waals surface area contributed by atoms with E-state index in [2.05, 4.69) is 0 Å². The molecule has 1 rings (SSSR count). The first-order valence-corrected chi connectivity index (χ1v) is 7.72. The first kappa shape index (κ1) is 14.5. The van der Waals surface area contributed by atoms with Gasteiger partial charge in [-0.1, -0.05) is 43.1 Å². The highest BCUT2D eigenvalue weighted by atomic mass is 35.5. The van der Waals surface area contributed by atoms with Gasteiger partial charge < -0.3 is 0 Å². The monoisotopic (exact) mass is 276 g/mol. The Kier molecular flexibility index (Phi) is 5.43. The Morgan fingerprint density at radius 3 is 2.53 bits per heavy atom. The van der Waals surface area contributed by atoms with Crippen LogP contribution in [0.4, 0.5) is 0 Å². The molecule has 0 fully saturated rings. The lowest BCUT2D eigenvalue weighted by molar-refractivity contribution is 0.287. The Morgan fingerprint density at radius 1 is 1.35 bits per heavy atom. The highest BCUT2D eigenvalue weighted by Crippen LogP contribution is 2.28. The molecule has 0 N–H and O–H groups in total. The number of rotatable bonds is 6. The maximum Gasteiger partial charge on any atom is 0.264 e. The molecule has 17 heavy (non-hydrogen) atoms. The summed E-state index contributed by atoms with van der Waals surface area (Å²) in [5.74, 6) is 0.0171. The van der Waals surface area contributed by atoms with Crippen molar-refractivity contribution in [3.8, 4) is 0 Å². The molecular weight excluding hydrogens is 260 g/mol. The molecular formula is C12H17ClO3S. The van der Waals surface area contributed by atoms with E-state index in [1.165, 1.54) is 0 Å². The van der Waals surface area contributed by atoms with Crippen LogP contribution in [-0.2, 0) is 14.3 Å². The molecule has 1 aromatic carbocycles. The summed E-state index contributed by atoms with van der Waals surface area (Å²) < 4.78 is 26.9. The lowest BCUT2D eigenvalue weighted by atomic mass is 9.95. The van der Waals surface area contributed by atoms with Gasteiger partial charge in [0.25, 0.3) is 10.1 Å². The van der Waals surface area contributed by atoms with E-state index < -0.39 is 10.1 Å². The van der Waals surface area contributed by atoms with Crippen LogP contribution in [-0.4, -0.2) is 21.3 Å². The minimum absolute atomic E-state index is 0.0171. The van der Waals surface area contributed by atoms with E-state index in [1.807, 2.05) is 25.1 Å². The Labute approximate surface area is 108 Å². The minimum atomic E-state index is -3.40. The summed E-state index contributed by atoms with van der Waals surface area (Å²) in [5, 5.41) is 0.656. The normalized spacial score (nSPS) is 13.6. The molecule has 0 aliphatic rings. The van der Waals surface area contributed by atoms with Crippen LogP contribution >= 0.6 is 11.6 Å². The second-order valence-electron chi connectivity index (χ2n) is 4.00. The number of halogens is 1. The molecule has 0 heterocycles. The molecule has 1 aromatic rings. The van der Waals surface area contributed by atoms with Gasteiger partial charge in [-0.25, -0.2) is 0 Å². The zero-order valence-corrected chi connectivity index (χ0v) is 11.6. The standard InChI is InChI=1S/C12H17ClO3S/c1-3-6-10(9-16-17(2,14)15)11-7-4-5-8-12(11)13/h4-5,7-8,10H,3,6,9H2,1-2H3. The van der Waals surface area contributed by atoms with E-state index in [4.69, 9.17) is 15.8 Å². The van der Waals surface area contributed by atoms with Gasteiger partial charge in [-0.3, -0.25) is 4.18 Å². The minimum Gasteiger partial charge on any atom is -0.270 e. The van der Waals surface area contributed by atoms with Gasteiger partial charge in [0.15, 0.2) is 0 Å². The van der Waals surface area contributed by atoms with Crippen molar-refractivity contribution >= 4 is 21.7 Å². The van der Waals surface area contributed by atoms with Gasteiger partial charge in [-0.15, -0.1) is 0 Å². The number of benzene rings is 1. The summed E-state index contributed by atoms with van der Waals surface area (Å²) in [7, 11) is -3.40. The molecule has 0 aliphatic carbocycles. The van der Waals surface area contributed by atoms with Crippen LogP contribution in [0.15, 0.2) is 24.3 Å². The van der Waals surface area contributed by atoms with Crippen molar-refractivity contribution in [3.05, 3.63) is 34.9 Å². The van der Waals surface area contributed by atoms with Crippen molar-refractivity contribution in [3.63, 3.8) is 0 Å². The van der Waals surface area contributed by atoms with Gasteiger partial charge in [0, 0.05) is 10.9 Å². The molecule has 0 radical (unpaired) electrons. The predicted molar refractivity (Wildman–Crippen MR) is 69.9 cm³/mol. The summed E-state index contributed by atoms with van der Waals surface area (Å²) in [6.45, 7) is 2.20. The summed E-state index contributed by atoms with van der Waals surface area (Å²) in [6, 6.07) is 7.46. The third kappa shape index (κ3) is 5.06. The highest BCUT2D eigenvalue weighted by molar-refractivity contribution is 7.85. The quantitative estimate of drug-likeness (QED) is 0.750. The Bertz CT molecular complexity index is 457. The third-order valence-corrected chi connectivity index (χ3v) is 3.37. The second kappa shape index (κ2) is 6.38. The average Bonchev–Trinajstić information content (AvgIpc) is 2.24. The lowest BCUT2D eigenvalue weighted by Gasteiger charge is -2.17. The predicted octanol–water partition coefficient (Wildman–Crippen LogP) is 3.20. The maximum atomic E-state index is 11.0. The van der Waals surface area contributed by atoms with E-state index in [0.717, 1.165) is 24.7 Å². The van der Waals surface area contributed by atoms with Crippen LogP contribution < -0.4 is 0 Å². The smallest absolute Gasteiger partial charge is 0.264 e. The SMILES string of the molecule is CCCC(COS(C)(=O)=O)c1ccccc1Cl. The molecule has 0 spiro atoms. The van der Waals surface area contributed by atoms with Crippen molar-refractivity contribution in [2.45, 2.75) is 25.7 Å². The first-order valence-electron chi connectivity index (χ1n) is 5.53. The molecule has 0 aromatic heterocycles. The second-order valence-corrected chi connectivity index (χ2v) is 6.05. The molecule has 5 heteroatoms. The third-order valence-electron chi connectivity index (χ3n) is 2.47. The maximum absolute atomic E-state index is 11.0. The molecule has 96 valence electrons. The Balaban J connectivity index is 2.82. The van der Waals surface area contributed by atoms with E-state index in [0.29, 0.717) is 5.02 Å². The van der Waals surface area contributed by atoms with Crippen LogP contribution in [0.5, 0.6) is 0 Å². The molecule has 0 bridgehead atoms. The molecule has 0 saturated heterocycles. The van der Waals surface area contributed by atoms with Crippen LogP contribution in [0, 0.1) is 0 Å². The van der Waals surface area contributed by atoms with Crippen molar-refractivity contribution < 1.29 is 12.6 Å². The summed E-state index contributed by atoms with van der Waals surface area (Å²) in [5.41, 5.74) is 0.944. The van der Waals surface area contributed by atoms with Crippen molar-refractivity contribution in [2.24, 2.45) is 0 Å². The number of hydrogen-bond donors (Lipinski definition) is 0. The topological polar surface area (TPSA) is 43.4 Å². The molecule has 0 saturated carbocycles. The van der Waals surface area contributed by atoms with E-state index >= 15 is 0 Å². The van der Waals surface area contributed by atoms with E-state index in [-0.39, 0.29) is 12.5 Å². The van der Waals surface area contributed by atoms with Gasteiger partial charge in [0.05, 0.1) is 12.9 Å². The lowest BCUT2D eigenvalue weighted by Crippen LogP contribution is -2.12. The van der Waals surface area contributed by atoms with Crippen molar-refractivity contribution in [1.82, 2.24) is 0 Å². The summed E-state index contributed by atoms with van der Waals surface area (Å²) >= 11 is 6.10. The van der Waals surface area contributed by atoms with Gasteiger partial charge in [-0.05, 0) is 18.1 Å². The van der Waals surface area contributed by atoms with Crippen molar-refractivity contribution in [1.29, 1.82) is 0 Å². The zero-order chi connectivity index (χ0) is 12.9. The van der Waals surface area contributed by atoms with Gasteiger partial charge in [0.2, 0.25) is 0 Å². The van der Waals surface area contributed by atoms with Crippen LogP contribution in [0.3, 0.4) is 0 Å². The Hall–Kier alpha value is -0.580. The average molecular weight is 277 g/mol. The molecule has 3 nitrogen and oxygen atoms in total. The highest BCUT2D eigenvalue weighted by Gasteiger charge is 2.16. The number of hydrogen-bond acceptors (Lipinski definition) is 3. The van der Waals surface area contributed by atoms with E-state index in [1.54, 1.807) is 6.07 Å². The molecule has 0 amide bonds. The molecule has 0 aliphatic heterocycles. The largest absolute Gasteiger partial charge is 0.270 e. The fraction of sp³-hybridized carbons (Fsp3) is 0.500. The van der Waals surface area contributed by atoms with Crippen molar-refractivity contribution in [2.75, 3.05) is 12.9 Å². The van der Waals surface area contributed by atoms with Gasteiger partial charge >= 0.3 is 0 Å². The fourth-order valence-electron chi connectivity index (χ4n) is 1.69. The zero-order valence-electron chi connectivity index (χ0n) is 10.0. The fourth-order valence-corrected chi connectivity index (χ4v) is 2.39. The van der Waals surface area contributed by atoms with Crippen LogP contribution in [0.2, 0.25) is 5.02 Å². The van der Waals surface area contributed by atoms with Gasteiger partial charge in [-0.2, -0.15) is 8.42 Å². The summed E-state index contributed by atoms with van der Waals surface area (Å²) in [6.07, 6.45) is 2.85. The van der Waals surface area contributed by atoms with Crippen LogP contribution in [0.25, 0.3) is 0 Å². The van der Waals surface area contributed by atoms with E-state index in [9.17, 15) is 8.42 Å². The van der Waals surface area contributed by atoms with Gasteiger partial charge in [0.1, 0.15) is 0 Å².